The van der Waals surface area contributed by atoms with Crippen molar-refractivity contribution >= 4 is 20.1 Å². The largest absolute Gasteiger partial charge is 0.415 e. The van der Waals surface area contributed by atoms with Crippen molar-refractivity contribution in [1.29, 1.82) is 5.26 Å². The SMILES string of the molecule is CC(C)O[Si](C)(C)CCCCCCSC#N. The zero-order valence-electron chi connectivity index (χ0n) is 11.1. The summed E-state index contributed by atoms with van der Waals surface area (Å²) >= 11 is 1.37. The fourth-order valence-electron chi connectivity index (χ4n) is 1.82. The molecule has 0 aliphatic carbocycles. The maximum atomic E-state index is 8.36. The maximum absolute atomic E-state index is 8.36. The Bertz CT molecular complexity index is 214. The minimum atomic E-state index is -1.40. The third-order valence-corrected chi connectivity index (χ3v) is 5.68. The van der Waals surface area contributed by atoms with Gasteiger partial charge in [0.05, 0.1) is 0 Å². The summed E-state index contributed by atoms with van der Waals surface area (Å²) in [5.74, 6) is 0.986. The highest BCUT2D eigenvalue weighted by Crippen LogP contribution is 2.18. The third-order valence-electron chi connectivity index (χ3n) is 2.39. The number of thiocyanates is 1. The second kappa shape index (κ2) is 9.09. The highest BCUT2D eigenvalue weighted by atomic mass is 32.2. The summed E-state index contributed by atoms with van der Waals surface area (Å²) < 4.78 is 5.97. The highest BCUT2D eigenvalue weighted by molar-refractivity contribution is 8.03. The molecule has 0 heterocycles. The van der Waals surface area contributed by atoms with Gasteiger partial charge in [0.1, 0.15) is 5.40 Å². The Kier molecular flexibility index (Phi) is 9.10. The van der Waals surface area contributed by atoms with Gasteiger partial charge in [0.25, 0.3) is 0 Å². The van der Waals surface area contributed by atoms with E-state index in [0.717, 1.165) is 5.75 Å². The molecule has 0 spiro atoms. The molecule has 0 aliphatic heterocycles. The molecular formula is C12H25NOSSi. The molecule has 94 valence electrons. The number of nitrogens with zero attached hydrogens (tertiary/aromatic N) is 1. The summed E-state index contributed by atoms with van der Waals surface area (Å²) in [5, 5.41) is 10.5. The lowest BCUT2D eigenvalue weighted by atomic mass is 10.2. The zero-order valence-corrected chi connectivity index (χ0v) is 12.9. The molecule has 0 bridgehead atoms. The van der Waals surface area contributed by atoms with Crippen LogP contribution in [0.4, 0.5) is 0 Å². The van der Waals surface area contributed by atoms with Gasteiger partial charge in [-0.1, -0.05) is 19.3 Å². The smallest absolute Gasteiger partial charge is 0.187 e. The summed E-state index contributed by atoms with van der Waals surface area (Å²) in [6, 6.07) is 1.26. The van der Waals surface area contributed by atoms with E-state index in [4.69, 9.17) is 9.69 Å². The molecule has 0 aromatic carbocycles. The van der Waals surface area contributed by atoms with Crippen LogP contribution in [0.25, 0.3) is 0 Å². The van der Waals surface area contributed by atoms with E-state index in [1.54, 1.807) is 0 Å². The first-order valence-electron chi connectivity index (χ1n) is 6.16. The van der Waals surface area contributed by atoms with Crippen LogP contribution in [0.3, 0.4) is 0 Å². The number of hydrogen-bond acceptors (Lipinski definition) is 3. The fourth-order valence-corrected chi connectivity index (χ4v) is 4.76. The molecule has 0 aromatic rings. The molecule has 0 saturated heterocycles. The van der Waals surface area contributed by atoms with Gasteiger partial charge in [-0.25, -0.2) is 0 Å². The lowest BCUT2D eigenvalue weighted by Crippen LogP contribution is -2.33. The van der Waals surface area contributed by atoms with Crippen LogP contribution in [-0.2, 0) is 4.43 Å². The van der Waals surface area contributed by atoms with Crippen LogP contribution in [0.1, 0.15) is 39.5 Å². The van der Waals surface area contributed by atoms with Gasteiger partial charge < -0.3 is 4.43 Å². The standard InChI is InChI=1S/C12H25NOSSi/c1-12(2)14-16(3,4)10-8-6-5-7-9-15-11-13/h12H,5-10H2,1-4H3. The highest BCUT2D eigenvalue weighted by Gasteiger charge is 2.22. The maximum Gasteiger partial charge on any atom is 0.187 e. The summed E-state index contributed by atoms with van der Waals surface area (Å²) in [5.41, 5.74) is 0. The van der Waals surface area contributed by atoms with Crippen LogP contribution in [0.15, 0.2) is 0 Å². The number of hydrogen-bond donors (Lipinski definition) is 0. The van der Waals surface area contributed by atoms with Gasteiger partial charge in [0.15, 0.2) is 8.32 Å². The minimum Gasteiger partial charge on any atom is -0.415 e. The molecule has 0 unspecified atom stereocenters. The van der Waals surface area contributed by atoms with Crippen molar-refractivity contribution in [2.24, 2.45) is 0 Å². The fraction of sp³-hybridized carbons (Fsp3) is 0.917. The molecule has 0 atom stereocenters. The monoisotopic (exact) mass is 259 g/mol. The van der Waals surface area contributed by atoms with E-state index in [1.165, 1.54) is 43.5 Å². The van der Waals surface area contributed by atoms with Gasteiger partial charge in [-0.15, -0.1) is 0 Å². The Morgan fingerprint density at radius 1 is 1.19 bits per heavy atom. The van der Waals surface area contributed by atoms with Gasteiger partial charge in [0.2, 0.25) is 0 Å². The molecule has 0 saturated carbocycles. The van der Waals surface area contributed by atoms with Crippen molar-refractivity contribution in [3.05, 3.63) is 0 Å². The van der Waals surface area contributed by atoms with Crippen molar-refractivity contribution in [2.45, 2.75) is 64.8 Å². The number of nitriles is 1. The molecule has 16 heavy (non-hydrogen) atoms. The van der Waals surface area contributed by atoms with Gasteiger partial charge in [-0.05, 0) is 51.2 Å². The van der Waals surface area contributed by atoms with E-state index < -0.39 is 8.32 Å². The molecule has 0 N–H and O–H groups in total. The van der Waals surface area contributed by atoms with E-state index in [9.17, 15) is 0 Å². The zero-order chi connectivity index (χ0) is 12.4. The van der Waals surface area contributed by atoms with Gasteiger partial charge >= 0.3 is 0 Å². The number of rotatable bonds is 9. The Balaban J connectivity index is 3.40. The average molecular weight is 259 g/mol. The minimum absolute atomic E-state index is 0.369. The van der Waals surface area contributed by atoms with Crippen molar-refractivity contribution in [3.8, 4) is 5.40 Å². The van der Waals surface area contributed by atoms with Crippen LogP contribution in [0, 0.1) is 10.7 Å². The van der Waals surface area contributed by atoms with Crippen molar-refractivity contribution in [3.63, 3.8) is 0 Å². The third kappa shape index (κ3) is 10.5. The second-order valence-corrected chi connectivity index (χ2v) is 10.2. The molecule has 0 aliphatic rings. The van der Waals surface area contributed by atoms with Gasteiger partial charge in [-0.3, -0.25) is 0 Å². The Morgan fingerprint density at radius 2 is 1.81 bits per heavy atom. The molecule has 0 amide bonds. The quantitative estimate of drug-likeness (QED) is 0.350. The van der Waals surface area contributed by atoms with E-state index in [1.807, 2.05) is 0 Å². The molecule has 0 radical (unpaired) electrons. The molecule has 0 rings (SSSR count). The Morgan fingerprint density at radius 3 is 2.38 bits per heavy atom. The van der Waals surface area contributed by atoms with Crippen LogP contribution in [-0.4, -0.2) is 20.2 Å². The van der Waals surface area contributed by atoms with E-state index in [-0.39, 0.29) is 0 Å². The van der Waals surface area contributed by atoms with E-state index >= 15 is 0 Å². The lowest BCUT2D eigenvalue weighted by molar-refractivity contribution is 0.230. The van der Waals surface area contributed by atoms with Crippen LogP contribution >= 0.6 is 11.8 Å². The van der Waals surface area contributed by atoms with Crippen LogP contribution in [0.2, 0.25) is 19.1 Å². The number of unbranched alkanes of at least 4 members (excludes halogenated alkanes) is 3. The predicted octanol–water partition coefficient (Wildman–Crippen LogP) is 4.39. The summed E-state index contributed by atoms with van der Waals surface area (Å²) in [4.78, 5) is 0. The van der Waals surface area contributed by atoms with Crippen molar-refractivity contribution in [2.75, 3.05) is 5.75 Å². The van der Waals surface area contributed by atoms with Crippen LogP contribution in [0.5, 0.6) is 0 Å². The first kappa shape index (κ1) is 16.0. The lowest BCUT2D eigenvalue weighted by Gasteiger charge is -2.25. The topological polar surface area (TPSA) is 33.0 Å². The van der Waals surface area contributed by atoms with E-state index in [2.05, 4.69) is 32.3 Å². The van der Waals surface area contributed by atoms with Crippen molar-refractivity contribution < 1.29 is 4.43 Å². The summed E-state index contributed by atoms with van der Waals surface area (Å²) in [6.45, 7) is 8.85. The normalized spacial score (nSPS) is 11.8. The average Bonchev–Trinajstić information content (AvgIpc) is 2.14. The van der Waals surface area contributed by atoms with E-state index in [0.29, 0.717) is 6.10 Å². The van der Waals surface area contributed by atoms with Gasteiger partial charge in [0, 0.05) is 11.9 Å². The van der Waals surface area contributed by atoms with Crippen LogP contribution < -0.4 is 0 Å². The summed E-state index contributed by atoms with van der Waals surface area (Å²) in [6.07, 6.45) is 5.35. The van der Waals surface area contributed by atoms with Gasteiger partial charge in [-0.2, -0.15) is 5.26 Å². The number of thioether (sulfide) groups is 1. The molecule has 0 aromatic heterocycles. The molecule has 2 nitrogen and oxygen atoms in total. The van der Waals surface area contributed by atoms with Crippen molar-refractivity contribution in [1.82, 2.24) is 0 Å². The Hall–Kier alpha value is 0.0169. The summed E-state index contributed by atoms with van der Waals surface area (Å²) in [7, 11) is -1.40. The predicted molar refractivity (Wildman–Crippen MR) is 75.0 cm³/mol. The first-order chi connectivity index (χ1) is 7.48. The second-order valence-electron chi connectivity index (χ2n) is 5.03. The molecular weight excluding hydrogens is 234 g/mol. The first-order valence-corrected chi connectivity index (χ1v) is 10.3. The molecule has 0 fully saturated rings. The Labute approximate surface area is 106 Å². The molecule has 4 heteroatoms.